The highest BCUT2D eigenvalue weighted by atomic mass is 32.1. The molecular formula is C26H22N4O3S. The molecule has 0 amide bonds. The molecule has 2 aromatic carbocycles. The first kappa shape index (κ1) is 21.7. The lowest BCUT2D eigenvalue weighted by atomic mass is 10.1. The Bertz CT molecular complexity index is 1410. The van der Waals surface area contributed by atoms with Crippen molar-refractivity contribution in [3.8, 4) is 39.8 Å². The summed E-state index contributed by atoms with van der Waals surface area (Å²) in [6.07, 6.45) is 3.49. The molecule has 0 aliphatic heterocycles. The lowest BCUT2D eigenvalue weighted by Gasteiger charge is -2.16. The lowest BCUT2D eigenvalue weighted by molar-refractivity contribution is 0.324. The molecule has 3 aromatic heterocycles. The van der Waals surface area contributed by atoms with Gasteiger partial charge in [0.1, 0.15) is 10.6 Å². The predicted octanol–water partition coefficient (Wildman–Crippen LogP) is 6.19. The molecule has 170 valence electrons. The molecule has 0 saturated carbocycles. The van der Waals surface area contributed by atoms with Crippen molar-refractivity contribution >= 4 is 33.1 Å². The van der Waals surface area contributed by atoms with E-state index in [4.69, 9.17) is 24.2 Å². The van der Waals surface area contributed by atoms with Crippen LogP contribution >= 0.6 is 11.3 Å². The van der Waals surface area contributed by atoms with E-state index in [9.17, 15) is 0 Å². The van der Waals surface area contributed by atoms with E-state index in [2.05, 4.69) is 27.8 Å². The van der Waals surface area contributed by atoms with Crippen molar-refractivity contribution in [1.29, 1.82) is 0 Å². The van der Waals surface area contributed by atoms with Gasteiger partial charge in [-0.15, -0.1) is 11.3 Å². The molecule has 5 aromatic rings. The third-order valence-corrected chi connectivity index (χ3v) is 6.24. The molecule has 0 aliphatic carbocycles. The molecular weight excluding hydrogens is 448 g/mol. The van der Waals surface area contributed by atoms with Crippen LogP contribution in [0.5, 0.6) is 17.2 Å². The SMILES string of the molecule is COc1cc(Nc2nc(-c3cccnc3)nc3scc(-c4ccccc4)c23)cc(OC)c1OC. The van der Waals surface area contributed by atoms with Crippen LogP contribution in [0.25, 0.3) is 32.7 Å². The van der Waals surface area contributed by atoms with Crippen LogP contribution in [-0.2, 0) is 0 Å². The van der Waals surface area contributed by atoms with Crippen molar-refractivity contribution in [2.75, 3.05) is 26.6 Å². The van der Waals surface area contributed by atoms with Crippen LogP contribution in [0.15, 0.2) is 72.4 Å². The molecule has 1 N–H and O–H groups in total. The molecule has 3 heterocycles. The zero-order valence-corrected chi connectivity index (χ0v) is 19.7. The Morgan fingerprint density at radius 2 is 1.56 bits per heavy atom. The highest BCUT2D eigenvalue weighted by Crippen LogP contribution is 2.43. The van der Waals surface area contributed by atoms with Gasteiger partial charge in [-0.2, -0.15) is 0 Å². The molecule has 0 fully saturated rings. The zero-order chi connectivity index (χ0) is 23.5. The number of rotatable bonds is 7. The summed E-state index contributed by atoms with van der Waals surface area (Å²) in [5, 5.41) is 6.53. The average Bonchev–Trinajstić information content (AvgIpc) is 3.33. The number of aromatic nitrogens is 3. The second-order valence-electron chi connectivity index (χ2n) is 7.37. The predicted molar refractivity (Wildman–Crippen MR) is 135 cm³/mol. The van der Waals surface area contributed by atoms with Gasteiger partial charge in [0.2, 0.25) is 5.75 Å². The van der Waals surface area contributed by atoms with Gasteiger partial charge >= 0.3 is 0 Å². The molecule has 34 heavy (non-hydrogen) atoms. The van der Waals surface area contributed by atoms with E-state index in [0.717, 1.165) is 32.6 Å². The molecule has 5 rings (SSSR count). The fourth-order valence-corrected chi connectivity index (χ4v) is 4.72. The van der Waals surface area contributed by atoms with Gasteiger partial charge in [0.25, 0.3) is 0 Å². The Morgan fingerprint density at radius 3 is 2.21 bits per heavy atom. The maximum absolute atomic E-state index is 5.53. The van der Waals surface area contributed by atoms with Gasteiger partial charge in [0.15, 0.2) is 17.3 Å². The Hall–Kier alpha value is -4.17. The van der Waals surface area contributed by atoms with E-state index in [1.54, 1.807) is 45.1 Å². The molecule has 0 unspecified atom stereocenters. The highest BCUT2D eigenvalue weighted by molar-refractivity contribution is 7.17. The van der Waals surface area contributed by atoms with Gasteiger partial charge in [-0.25, -0.2) is 9.97 Å². The third-order valence-electron chi connectivity index (χ3n) is 5.37. The minimum Gasteiger partial charge on any atom is -0.493 e. The largest absolute Gasteiger partial charge is 0.493 e. The monoisotopic (exact) mass is 470 g/mol. The van der Waals surface area contributed by atoms with Crippen LogP contribution in [0.3, 0.4) is 0 Å². The van der Waals surface area contributed by atoms with E-state index < -0.39 is 0 Å². The summed E-state index contributed by atoms with van der Waals surface area (Å²) in [7, 11) is 4.77. The maximum Gasteiger partial charge on any atom is 0.203 e. The maximum atomic E-state index is 5.53. The van der Waals surface area contributed by atoms with Crippen LogP contribution in [0.1, 0.15) is 0 Å². The van der Waals surface area contributed by atoms with E-state index in [0.29, 0.717) is 28.9 Å². The van der Waals surface area contributed by atoms with E-state index in [1.165, 1.54) is 0 Å². The second kappa shape index (κ2) is 9.36. The van der Waals surface area contributed by atoms with Crippen molar-refractivity contribution in [2.45, 2.75) is 0 Å². The quantitative estimate of drug-likeness (QED) is 0.304. The Morgan fingerprint density at radius 1 is 0.824 bits per heavy atom. The molecule has 7 nitrogen and oxygen atoms in total. The van der Waals surface area contributed by atoms with Gasteiger partial charge in [-0.3, -0.25) is 4.98 Å². The van der Waals surface area contributed by atoms with Gasteiger partial charge in [-0.1, -0.05) is 30.3 Å². The molecule has 0 bridgehead atoms. The van der Waals surface area contributed by atoms with Crippen molar-refractivity contribution < 1.29 is 14.2 Å². The number of benzene rings is 2. The standard InChI is InChI=1S/C26H22N4O3S/c1-31-20-12-18(13-21(32-2)23(20)33-3)28-25-22-19(16-8-5-4-6-9-16)15-34-26(22)30-24(29-25)17-10-7-11-27-14-17/h4-15H,1-3H3,(H,28,29,30). The molecule has 0 atom stereocenters. The first-order chi connectivity index (χ1) is 16.7. The molecule has 8 heteroatoms. The Balaban J connectivity index is 1.70. The van der Waals surface area contributed by atoms with Crippen molar-refractivity contribution in [2.24, 2.45) is 0 Å². The van der Waals surface area contributed by atoms with Gasteiger partial charge in [0, 0.05) is 46.7 Å². The number of pyridine rings is 1. The normalized spacial score (nSPS) is 10.8. The fraction of sp³-hybridized carbons (Fsp3) is 0.115. The number of anilines is 2. The van der Waals surface area contributed by atoms with Crippen LogP contribution in [0.2, 0.25) is 0 Å². The van der Waals surface area contributed by atoms with Gasteiger partial charge < -0.3 is 19.5 Å². The van der Waals surface area contributed by atoms with E-state index in [-0.39, 0.29) is 0 Å². The minimum absolute atomic E-state index is 0.528. The van der Waals surface area contributed by atoms with Crippen LogP contribution in [-0.4, -0.2) is 36.3 Å². The number of fused-ring (bicyclic) bond motifs is 1. The summed E-state index contributed by atoms with van der Waals surface area (Å²) in [5.41, 5.74) is 3.75. The molecule has 0 saturated heterocycles. The summed E-state index contributed by atoms with van der Waals surface area (Å²) in [6.45, 7) is 0. The van der Waals surface area contributed by atoms with Gasteiger partial charge in [-0.05, 0) is 17.7 Å². The number of hydrogen-bond donors (Lipinski definition) is 1. The topological polar surface area (TPSA) is 78.4 Å². The van der Waals surface area contributed by atoms with Crippen molar-refractivity contribution in [3.05, 3.63) is 72.4 Å². The average molecular weight is 471 g/mol. The summed E-state index contributed by atoms with van der Waals surface area (Å²) in [4.78, 5) is 14.9. The number of thiophene rings is 1. The highest BCUT2D eigenvalue weighted by Gasteiger charge is 2.19. The minimum atomic E-state index is 0.528. The summed E-state index contributed by atoms with van der Waals surface area (Å²) in [6, 6.07) is 17.7. The Labute approximate surface area is 201 Å². The fourth-order valence-electron chi connectivity index (χ4n) is 3.78. The smallest absolute Gasteiger partial charge is 0.203 e. The number of nitrogens with one attached hydrogen (secondary N) is 1. The van der Waals surface area contributed by atoms with Crippen LogP contribution < -0.4 is 19.5 Å². The number of hydrogen-bond acceptors (Lipinski definition) is 8. The van der Waals surface area contributed by atoms with E-state index >= 15 is 0 Å². The summed E-state index contributed by atoms with van der Waals surface area (Å²) < 4.78 is 16.5. The number of methoxy groups -OCH3 is 3. The van der Waals surface area contributed by atoms with Crippen molar-refractivity contribution in [1.82, 2.24) is 15.0 Å². The molecule has 0 spiro atoms. The van der Waals surface area contributed by atoms with Crippen LogP contribution in [0.4, 0.5) is 11.5 Å². The van der Waals surface area contributed by atoms with Gasteiger partial charge in [0.05, 0.1) is 26.7 Å². The summed E-state index contributed by atoms with van der Waals surface area (Å²) >= 11 is 1.58. The lowest BCUT2D eigenvalue weighted by Crippen LogP contribution is -2.01. The Kier molecular flexibility index (Phi) is 5.97. The second-order valence-corrected chi connectivity index (χ2v) is 8.23. The number of ether oxygens (including phenoxy) is 3. The van der Waals surface area contributed by atoms with E-state index in [1.807, 2.05) is 42.5 Å². The molecule has 0 aliphatic rings. The molecule has 0 radical (unpaired) electrons. The first-order valence-corrected chi connectivity index (χ1v) is 11.4. The number of nitrogens with zero attached hydrogens (tertiary/aromatic N) is 3. The first-order valence-electron chi connectivity index (χ1n) is 10.5. The third kappa shape index (κ3) is 3.99. The summed E-state index contributed by atoms with van der Waals surface area (Å²) in [5.74, 6) is 2.90. The zero-order valence-electron chi connectivity index (χ0n) is 18.9. The van der Waals surface area contributed by atoms with Crippen LogP contribution in [0, 0.1) is 0 Å². The van der Waals surface area contributed by atoms with Crippen molar-refractivity contribution in [3.63, 3.8) is 0 Å².